The van der Waals surface area contributed by atoms with Crippen LogP contribution in [0.4, 0.5) is 0 Å². The summed E-state index contributed by atoms with van der Waals surface area (Å²) in [6, 6.07) is 9.79. The molecule has 3 N–H and O–H groups in total. The molecule has 1 atom stereocenters. The molecule has 0 amide bonds. The number of hydrogen-bond acceptors (Lipinski definition) is 4. The third-order valence-corrected chi connectivity index (χ3v) is 3.42. The second-order valence-corrected chi connectivity index (χ2v) is 4.80. The Morgan fingerprint density at radius 1 is 1.30 bits per heavy atom. The number of rotatable bonds is 6. The van der Waals surface area contributed by atoms with Crippen LogP contribution in [0, 0.1) is 0 Å². The van der Waals surface area contributed by atoms with Crippen LogP contribution in [0.2, 0.25) is 5.02 Å². The quantitative estimate of drug-likeness (QED) is 0.635. The third kappa shape index (κ3) is 3.70. The molecule has 0 aliphatic carbocycles. The molecule has 0 saturated heterocycles. The number of pyridine rings is 1. The van der Waals surface area contributed by atoms with Crippen molar-refractivity contribution in [1.29, 1.82) is 0 Å². The predicted molar refractivity (Wildman–Crippen MR) is 80.6 cm³/mol. The van der Waals surface area contributed by atoms with Gasteiger partial charge in [-0.1, -0.05) is 23.7 Å². The first-order valence-corrected chi connectivity index (χ1v) is 6.89. The van der Waals surface area contributed by atoms with Gasteiger partial charge >= 0.3 is 0 Å². The second kappa shape index (κ2) is 7.24. The van der Waals surface area contributed by atoms with Crippen molar-refractivity contribution < 1.29 is 4.74 Å². The van der Waals surface area contributed by atoms with Crippen molar-refractivity contribution in [3.8, 4) is 5.75 Å². The van der Waals surface area contributed by atoms with Gasteiger partial charge in [0.05, 0.1) is 17.7 Å². The highest BCUT2D eigenvalue weighted by molar-refractivity contribution is 6.31. The number of nitrogens with zero attached hydrogens (tertiary/aromatic N) is 1. The van der Waals surface area contributed by atoms with Crippen LogP contribution < -0.4 is 16.0 Å². The van der Waals surface area contributed by atoms with E-state index in [-0.39, 0.29) is 6.04 Å². The molecular weight excluding hydrogens is 274 g/mol. The van der Waals surface area contributed by atoms with Gasteiger partial charge in [-0.05, 0) is 42.7 Å². The molecule has 0 aliphatic rings. The molecule has 106 valence electrons. The van der Waals surface area contributed by atoms with Crippen LogP contribution >= 0.6 is 11.6 Å². The van der Waals surface area contributed by atoms with Crippen LogP contribution in [0.15, 0.2) is 42.7 Å². The van der Waals surface area contributed by atoms with E-state index in [0.717, 1.165) is 16.9 Å². The molecule has 1 heterocycles. The number of halogens is 1. The second-order valence-electron chi connectivity index (χ2n) is 4.39. The molecule has 1 unspecified atom stereocenters. The zero-order valence-electron chi connectivity index (χ0n) is 11.3. The molecule has 20 heavy (non-hydrogen) atoms. The summed E-state index contributed by atoms with van der Waals surface area (Å²) in [5.41, 5.74) is 4.93. The minimum atomic E-state index is -0.00873. The van der Waals surface area contributed by atoms with E-state index >= 15 is 0 Å². The van der Waals surface area contributed by atoms with E-state index in [4.69, 9.17) is 22.2 Å². The Labute approximate surface area is 123 Å². The van der Waals surface area contributed by atoms with Gasteiger partial charge < -0.3 is 4.74 Å². The molecule has 1 aromatic carbocycles. The number of nitrogens with one attached hydrogen (secondary N) is 1. The van der Waals surface area contributed by atoms with Crippen molar-refractivity contribution in [3.05, 3.63) is 58.9 Å². The van der Waals surface area contributed by atoms with Gasteiger partial charge in [-0.25, -0.2) is 0 Å². The average Bonchev–Trinajstić information content (AvgIpc) is 2.48. The number of hydrogen-bond donors (Lipinski definition) is 2. The van der Waals surface area contributed by atoms with Gasteiger partial charge in [0, 0.05) is 12.4 Å². The number of ether oxygens (including phenoxy) is 1. The van der Waals surface area contributed by atoms with Crippen molar-refractivity contribution in [2.24, 2.45) is 5.84 Å². The lowest BCUT2D eigenvalue weighted by Gasteiger charge is -2.17. The van der Waals surface area contributed by atoms with Crippen molar-refractivity contribution in [2.75, 3.05) is 6.61 Å². The minimum Gasteiger partial charge on any atom is -0.494 e. The normalized spacial score (nSPS) is 12.2. The molecule has 2 rings (SSSR count). The zero-order chi connectivity index (χ0) is 14.4. The molecule has 0 saturated carbocycles. The highest BCUT2D eigenvalue weighted by atomic mass is 35.5. The van der Waals surface area contributed by atoms with E-state index in [9.17, 15) is 0 Å². The van der Waals surface area contributed by atoms with E-state index in [1.807, 2.05) is 37.3 Å². The molecule has 2 aromatic rings. The van der Waals surface area contributed by atoms with Crippen molar-refractivity contribution in [2.45, 2.75) is 19.4 Å². The van der Waals surface area contributed by atoms with Crippen LogP contribution in [0.1, 0.15) is 24.1 Å². The Morgan fingerprint density at radius 2 is 2.05 bits per heavy atom. The smallest absolute Gasteiger partial charge is 0.119 e. The molecule has 0 spiro atoms. The van der Waals surface area contributed by atoms with Crippen LogP contribution in [-0.4, -0.2) is 11.6 Å². The molecule has 0 fully saturated rings. The average molecular weight is 292 g/mol. The van der Waals surface area contributed by atoms with Gasteiger partial charge in [0.25, 0.3) is 0 Å². The topological polar surface area (TPSA) is 60.2 Å². The lowest BCUT2D eigenvalue weighted by Crippen LogP contribution is -2.29. The Bertz CT molecular complexity index is 545. The van der Waals surface area contributed by atoms with Crippen molar-refractivity contribution in [1.82, 2.24) is 10.4 Å². The predicted octanol–water partition coefficient (Wildman–Crippen LogP) is 2.88. The SMILES string of the molecule is CCOc1ccc(C(Cc2ccncc2Cl)NN)cc1. The monoisotopic (exact) mass is 291 g/mol. The molecule has 4 nitrogen and oxygen atoms in total. The van der Waals surface area contributed by atoms with Crippen LogP contribution in [0.25, 0.3) is 0 Å². The summed E-state index contributed by atoms with van der Waals surface area (Å²) in [6.07, 6.45) is 4.07. The van der Waals surface area contributed by atoms with E-state index in [1.165, 1.54) is 0 Å². The van der Waals surface area contributed by atoms with Crippen molar-refractivity contribution in [3.63, 3.8) is 0 Å². The van der Waals surface area contributed by atoms with Crippen LogP contribution in [0.3, 0.4) is 0 Å². The molecule has 1 aromatic heterocycles. The minimum absolute atomic E-state index is 0.00873. The third-order valence-electron chi connectivity index (χ3n) is 3.08. The molecule has 5 heteroatoms. The van der Waals surface area contributed by atoms with Crippen molar-refractivity contribution >= 4 is 11.6 Å². The number of hydrazine groups is 1. The van der Waals surface area contributed by atoms with Gasteiger partial charge in [0.2, 0.25) is 0 Å². The van der Waals surface area contributed by atoms with Gasteiger partial charge in [-0.2, -0.15) is 0 Å². The lowest BCUT2D eigenvalue weighted by molar-refractivity contribution is 0.340. The first-order chi connectivity index (χ1) is 9.74. The fourth-order valence-electron chi connectivity index (χ4n) is 2.03. The van der Waals surface area contributed by atoms with E-state index < -0.39 is 0 Å². The fraction of sp³-hybridized carbons (Fsp3) is 0.267. The lowest BCUT2D eigenvalue weighted by atomic mass is 10.00. The maximum absolute atomic E-state index is 6.13. The summed E-state index contributed by atoms with van der Waals surface area (Å²) < 4.78 is 5.43. The Kier molecular flexibility index (Phi) is 5.35. The highest BCUT2D eigenvalue weighted by Gasteiger charge is 2.12. The van der Waals surface area contributed by atoms with Gasteiger partial charge in [0.1, 0.15) is 5.75 Å². The number of aromatic nitrogens is 1. The Balaban J connectivity index is 2.13. The van der Waals surface area contributed by atoms with E-state index in [0.29, 0.717) is 18.1 Å². The van der Waals surface area contributed by atoms with Gasteiger partial charge in [-0.3, -0.25) is 16.3 Å². The highest BCUT2D eigenvalue weighted by Crippen LogP contribution is 2.24. The summed E-state index contributed by atoms with van der Waals surface area (Å²) in [4.78, 5) is 3.98. The van der Waals surface area contributed by atoms with Crippen LogP contribution in [-0.2, 0) is 6.42 Å². The van der Waals surface area contributed by atoms with Gasteiger partial charge in [0.15, 0.2) is 0 Å². The summed E-state index contributed by atoms with van der Waals surface area (Å²) in [5, 5.41) is 0.652. The first-order valence-electron chi connectivity index (χ1n) is 6.52. The number of benzene rings is 1. The summed E-state index contributed by atoms with van der Waals surface area (Å²) in [5.74, 6) is 6.52. The largest absolute Gasteiger partial charge is 0.494 e. The van der Waals surface area contributed by atoms with Crippen LogP contribution in [0.5, 0.6) is 5.75 Å². The summed E-state index contributed by atoms with van der Waals surface area (Å²) in [6.45, 7) is 2.62. The van der Waals surface area contributed by atoms with E-state index in [1.54, 1.807) is 12.4 Å². The zero-order valence-corrected chi connectivity index (χ0v) is 12.1. The Hall–Kier alpha value is -1.62. The van der Waals surface area contributed by atoms with Gasteiger partial charge in [-0.15, -0.1) is 0 Å². The number of nitrogens with two attached hydrogens (primary N) is 1. The fourth-order valence-corrected chi connectivity index (χ4v) is 2.22. The summed E-state index contributed by atoms with van der Waals surface area (Å²) >= 11 is 6.13. The molecule has 0 bridgehead atoms. The molecule has 0 radical (unpaired) electrons. The first kappa shape index (κ1) is 14.8. The summed E-state index contributed by atoms with van der Waals surface area (Å²) in [7, 11) is 0. The maximum Gasteiger partial charge on any atom is 0.119 e. The Morgan fingerprint density at radius 3 is 2.65 bits per heavy atom. The maximum atomic E-state index is 6.13. The molecule has 0 aliphatic heterocycles. The molecular formula is C15H18ClN3O. The standard InChI is InChI=1S/C15H18ClN3O/c1-2-20-13-5-3-11(4-6-13)15(19-17)9-12-7-8-18-10-14(12)16/h3-8,10,15,19H,2,9,17H2,1H3. The van der Waals surface area contributed by atoms with E-state index in [2.05, 4.69) is 10.4 Å².